The van der Waals surface area contributed by atoms with Crippen molar-refractivity contribution in [3.63, 3.8) is 0 Å². The molecule has 4 heteroatoms. The largest absolute Gasteiger partial charge is 0.398 e. The standard InChI is InChI=1S/C13H18BrNOS/c14-10-5-6-13(12(15)9-10)17-8-2-4-11-3-1-7-16-11/h5-6,9,11H,1-4,7-8,15H2. The smallest absolute Gasteiger partial charge is 0.0576 e. The molecule has 94 valence electrons. The van der Waals surface area contributed by atoms with E-state index < -0.39 is 0 Å². The van der Waals surface area contributed by atoms with Crippen LogP contribution in [0.15, 0.2) is 27.6 Å². The number of hydrogen-bond acceptors (Lipinski definition) is 3. The van der Waals surface area contributed by atoms with Crippen molar-refractivity contribution in [2.24, 2.45) is 0 Å². The molecule has 0 aliphatic carbocycles. The Kier molecular flexibility index (Phi) is 5.19. The molecule has 1 aromatic rings. The molecule has 0 radical (unpaired) electrons. The predicted octanol–water partition coefficient (Wildman–Crippen LogP) is 4.08. The van der Waals surface area contributed by atoms with Crippen molar-refractivity contribution in [1.82, 2.24) is 0 Å². The zero-order valence-corrected chi connectivity index (χ0v) is 12.2. The Morgan fingerprint density at radius 2 is 2.35 bits per heavy atom. The second-order valence-corrected chi connectivity index (χ2v) is 6.36. The Balaban J connectivity index is 1.70. The van der Waals surface area contributed by atoms with Gasteiger partial charge in [0.05, 0.1) is 6.10 Å². The van der Waals surface area contributed by atoms with E-state index >= 15 is 0 Å². The highest BCUT2D eigenvalue weighted by molar-refractivity contribution is 9.10. The number of nitrogen functional groups attached to an aromatic ring is 1. The van der Waals surface area contributed by atoms with Gasteiger partial charge in [0.1, 0.15) is 0 Å². The Labute approximate surface area is 115 Å². The lowest BCUT2D eigenvalue weighted by molar-refractivity contribution is 0.104. The number of benzene rings is 1. The summed E-state index contributed by atoms with van der Waals surface area (Å²) in [5, 5.41) is 0. The number of hydrogen-bond donors (Lipinski definition) is 1. The van der Waals surface area contributed by atoms with Crippen molar-refractivity contribution in [1.29, 1.82) is 0 Å². The number of anilines is 1. The van der Waals surface area contributed by atoms with E-state index in [1.165, 1.54) is 30.6 Å². The molecule has 0 saturated carbocycles. The molecule has 1 aliphatic rings. The first-order valence-corrected chi connectivity index (χ1v) is 7.83. The van der Waals surface area contributed by atoms with E-state index in [2.05, 4.69) is 22.0 Å². The summed E-state index contributed by atoms with van der Waals surface area (Å²) >= 11 is 5.25. The van der Waals surface area contributed by atoms with Gasteiger partial charge in [-0.3, -0.25) is 0 Å². The fourth-order valence-corrected chi connectivity index (χ4v) is 3.32. The molecule has 1 aliphatic heterocycles. The van der Waals surface area contributed by atoms with Crippen molar-refractivity contribution in [3.8, 4) is 0 Å². The minimum atomic E-state index is 0.512. The predicted molar refractivity (Wildman–Crippen MR) is 77.5 cm³/mol. The highest BCUT2D eigenvalue weighted by atomic mass is 79.9. The molecule has 17 heavy (non-hydrogen) atoms. The number of rotatable bonds is 5. The Bertz CT molecular complexity index is 366. The van der Waals surface area contributed by atoms with Gasteiger partial charge in [-0.1, -0.05) is 15.9 Å². The molecule has 0 amide bonds. The Hall–Kier alpha value is -0.190. The van der Waals surface area contributed by atoms with Crippen LogP contribution in [0.5, 0.6) is 0 Å². The summed E-state index contributed by atoms with van der Waals surface area (Å²) in [6, 6.07) is 6.08. The van der Waals surface area contributed by atoms with Gasteiger partial charge in [0.15, 0.2) is 0 Å². The average Bonchev–Trinajstić information content (AvgIpc) is 2.79. The third-order valence-electron chi connectivity index (χ3n) is 2.92. The summed E-state index contributed by atoms with van der Waals surface area (Å²) in [6.07, 6.45) is 5.37. The maximum Gasteiger partial charge on any atom is 0.0576 e. The maximum absolute atomic E-state index is 5.95. The van der Waals surface area contributed by atoms with Crippen LogP contribution in [0.1, 0.15) is 25.7 Å². The maximum atomic E-state index is 5.95. The molecule has 0 bridgehead atoms. The molecule has 2 N–H and O–H groups in total. The van der Waals surface area contributed by atoms with Gasteiger partial charge in [-0.25, -0.2) is 0 Å². The topological polar surface area (TPSA) is 35.2 Å². The van der Waals surface area contributed by atoms with Crippen LogP contribution in [-0.4, -0.2) is 18.5 Å². The average molecular weight is 316 g/mol. The first kappa shape index (κ1) is 13.2. The molecule has 1 atom stereocenters. The van der Waals surface area contributed by atoms with Crippen LogP contribution < -0.4 is 5.73 Å². The molecule has 1 fully saturated rings. The zero-order chi connectivity index (χ0) is 12.1. The van der Waals surface area contributed by atoms with Gasteiger partial charge >= 0.3 is 0 Å². The first-order valence-electron chi connectivity index (χ1n) is 6.05. The highest BCUT2D eigenvalue weighted by Gasteiger charge is 2.14. The van der Waals surface area contributed by atoms with Gasteiger partial charge in [-0.15, -0.1) is 11.8 Å². The second kappa shape index (κ2) is 6.66. The summed E-state index contributed by atoms with van der Waals surface area (Å²) in [4.78, 5) is 1.18. The normalized spacial score (nSPS) is 19.7. The highest BCUT2D eigenvalue weighted by Crippen LogP contribution is 2.29. The van der Waals surface area contributed by atoms with Crippen molar-refractivity contribution < 1.29 is 4.74 Å². The Morgan fingerprint density at radius 1 is 1.47 bits per heavy atom. The molecule has 1 aromatic carbocycles. The fourth-order valence-electron chi connectivity index (χ4n) is 2.02. The SMILES string of the molecule is Nc1cc(Br)ccc1SCCCC1CCCO1. The molecule has 1 unspecified atom stereocenters. The number of thioether (sulfide) groups is 1. The van der Waals surface area contributed by atoms with E-state index in [1.807, 2.05) is 23.9 Å². The van der Waals surface area contributed by atoms with E-state index in [-0.39, 0.29) is 0 Å². The van der Waals surface area contributed by atoms with Crippen LogP contribution in [0.3, 0.4) is 0 Å². The molecule has 1 saturated heterocycles. The van der Waals surface area contributed by atoms with Crippen molar-refractivity contribution in [2.45, 2.75) is 36.7 Å². The quantitative estimate of drug-likeness (QED) is 0.505. The molecular formula is C13H18BrNOS. The lowest BCUT2D eigenvalue weighted by atomic mass is 10.1. The van der Waals surface area contributed by atoms with E-state index in [1.54, 1.807) is 0 Å². The van der Waals surface area contributed by atoms with E-state index in [9.17, 15) is 0 Å². The third-order valence-corrected chi connectivity index (χ3v) is 4.59. The van der Waals surface area contributed by atoms with Gasteiger partial charge in [0.25, 0.3) is 0 Å². The second-order valence-electron chi connectivity index (χ2n) is 4.31. The van der Waals surface area contributed by atoms with Crippen LogP contribution in [-0.2, 0) is 4.74 Å². The fraction of sp³-hybridized carbons (Fsp3) is 0.538. The van der Waals surface area contributed by atoms with Gasteiger partial charge < -0.3 is 10.5 Å². The molecule has 1 heterocycles. The van der Waals surface area contributed by atoms with Gasteiger partial charge in [0, 0.05) is 21.7 Å². The van der Waals surface area contributed by atoms with E-state index in [4.69, 9.17) is 10.5 Å². The Morgan fingerprint density at radius 3 is 3.06 bits per heavy atom. The van der Waals surface area contributed by atoms with Crippen molar-refractivity contribution in [3.05, 3.63) is 22.7 Å². The van der Waals surface area contributed by atoms with E-state index in [0.717, 1.165) is 22.5 Å². The summed E-state index contributed by atoms with van der Waals surface area (Å²) in [6.45, 7) is 0.956. The molecule has 0 aromatic heterocycles. The monoisotopic (exact) mass is 315 g/mol. The van der Waals surface area contributed by atoms with Gasteiger partial charge in [-0.2, -0.15) is 0 Å². The van der Waals surface area contributed by atoms with Crippen LogP contribution in [0.4, 0.5) is 5.69 Å². The van der Waals surface area contributed by atoms with Crippen LogP contribution in [0.25, 0.3) is 0 Å². The summed E-state index contributed by atoms with van der Waals surface area (Å²) < 4.78 is 6.64. The van der Waals surface area contributed by atoms with Crippen LogP contribution >= 0.6 is 27.7 Å². The number of halogens is 1. The van der Waals surface area contributed by atoms with Crippen LogP contribution in [0.2, 0.25) is 0 Å². The summed E-state index contributed by atoms with van der Waals surface area (Å²) in [5.41, 5.74) is 6.81. The molecule has 2 nitrogen and oxygen atoms in total. The lowest BCUT2D eigenvalue weighted by Gasteiger charge is -2.09. The summed E-state index contributed by atoms with van der Waals surface area (Å²) in [7, 11) is 0. The van der Waals surface area contributed by atoms with Crippen LogP contribution in [0, 0.1) is 0 Å². The zero-order valence-electron chi connectivity index (χ0n) is 9.82. The number of nitrogens with two attached hydrogens (primary N) is 1. The van der Waals surface area contributed by atoms with Gasteiger partial charge in [-0.05, 0) is 49.6 Å². The van der Waals surface area contributed by atoms with Crippen molar-refractivity contribution >= 4 is 33.4 Å². The number of ether oxygens (including phenoxy) is 1. The molecule has 2 rings (SSSR count). The summed E-state index contributed by atoms with van der Waals surface area (Å²) in [5.74, 6) is 1.12. The van der Waals surface area contributed by atoms with Crippen molar-refractivity contribution in [2.75, 3.05) is 18.1 Å². The van der Waals surface area contributed by atoms with E-state index in [0.29, 0.717) is 6.10 Å². The minimum Gasteiger partial charge on any atom is -0.398 e. The lowest BCUT2D eigenvalue weighted by Crippen LogP contribution is -2.04. The third kappa shape index (κ3) is 4.19. The molecule has 0 spiro atoms. The molecular weight excluding hydrogens is 298 g/mol. The minimum absolute atomic E-state index is 0.512. The first-order chi connectivity index (χ1) is 8.25. The van der Waals surface area contributed by atoms with Gasteiger partial charge in [0.2, 0.25) is 0 Å².